The van der Waals surface area contributed by atoms with Gasteiger partial charge in [-0.25, -0.2) is 9.97 Å². The van der Waals surface area contributed by atoms with E-state index in [0.29, 0.717) is 17.0 Å². The topological polar surface area (TPSA) is 25.8 Å². The number of rotatable bonds is 0. The maximum absolute atomic E-state index is 12.2. The zero-order chi connectivity index (χ0) is 16.2. The third-order valence-electron chi connectivity index (χ3n) is 1.89. The Balaban J connectivity index is -0.000000375. The molecular formula is C14H27F3N2. The van der Waals surface area contributed by atoms with Crippen molar-refractivity contribution in [2.24, 2.45) is 0 Å². The molecule has 1 aromatic rings. The maximum atomic E-state index is 12.2. The second-order valence-electron chi connectivity index (χ2n) is 2.84. The van der Waals surface area contributed by atoms with E-state index in [9.17, 15) is 13.2 Å². The van der Waals surface area contributed by atoms with E-state index in [0.717, 1.165) is 0 Å². The van der Waals surface area contributed by atoms with Gasteiger partial charge in [-0.2, -0.15) is 13.2 Å². The van der Waals surface area contributed by atoms with Crippen LogP contribution in [0.25, 0.3) is 0 Å². The lowest BCUT2D eigenvalue weighted by Crippen LogP contribution is -2.13. The minimum atomic E-state index is -4.46. The van der Waals surface area contributed by atoms with Gasteiger partial charge in [0.1, 0.15) is 0 Å². The molecule has 0 aromatic carbocycles. The third-order valence-corrected chi connectivity index (χ3v) is 1.89. The molecular weight excluding hydrogens is 253 g/mol. The molecule has 1 aromatic heterocycles. The molecule has 0 saturated heterocycles. The fourth-order valence-corrected chi connectivity index (χ4v) is 0.899. The summed E-state index contributed by atoms with van der Waals surface area (Å²) in [7, 11) is 0. The van der Waals surface area contributed by atoms with E-state index in [2.05, 4.69) is 9.97 Å². The molecule has 1 rings (SSSR count). The Bertz CT molecular complexity index is 311. The Hall–Kier alpha value is -1.13. The monoisotopic (exact) mass is 280 g/mol. The fraction of sp³-hybridized carbons (Fsp3) is 0.714. The minimum Gasteiger partial charge on any atom is -0.229 e. The molecule has 5 heteroatoms. The molecule has 19 heavy (non-hydrogen) atoms. The Morgan fingerprint density at radius 1 is 0.684 bits per heavy atom. The van der Waals surface area contributed by atoms with Gasteiger partial charge < -0.3 is 0 Å². The lowest BCUT2D eigenvalue weighted by Gasteiger charge is -2.08. The Labute approximate surface area is 115 Å². The van der Waals surface area contributed by atoms with Crippen molar-refractivity contribution in [3.8, 4) is 0 Å². The van der Waals surface area contributed by atoms with Crippen molar-refractivity contribution in [2.75, 3.05) is 0 Å². The number of halogens is 3. The van der Waals surface area contributed by atoms with Crippen LogP contribution < -0.4 is 0 Å². The molecule has 0 aliphatic heterocycles. The van der Waals surface area contributed by atoms with E-state index < -0.39 is 12.0 Å². The SMILES string of the molecule is CC.CC.CC.Cc1nc(C(F)(F)F)nc(C)c1C. The Kier molecular flexibility index (Phi) is 14.4. The average Bonchev–Trinajstić information content (AvgIpc) is 2.41. The predicted octanol–water partition coefficient (Wildman–Crippen LogP) is 5.50. The molecule has 0 bridgehead atoms. The van der Waals surface area contributed by atoms with Crippen molar-refractivity contribution in [1.82, 2.24) is 9.97 Å². The highest BCUT2D eigenvalue weighted by molar-refractivity contribution is 5.22. The highest BCUT2D eigenvalue weighted by Gasteiger charge is 2.35. The predicted molar refractivity (Wildman–Crippen MR) is 75.3 cm³/mol. The molecule has 0 spiro atoms. The smallest absolute Gasteiger partial charge is 0.229 e. The van der Waals surface area contributed by atoms with E-state index in [1.54, 1.807) is 20.8 Å². The van der Waals surface area contributed by atoms with E-state index in [1.165, 1.54) is 0 Å². The summed E-state index contributed by atoms with van der Waals surface area (Å²) < 4.78 is 36.5. The molecule has 0 unspecified atom stereocenters. The summed E-state index contributed by atoms with van der Waals surface area (Å²) in [6.07, 6.45) is -4.46. The number of hydrogen-bond donors (Lipinski definition) is 0. The highest BCUT2D eigenvalue weighted by atomic mass is 19.4. The van der Waals surface area contributed by atoms with Crippen molar-refractivity contribution in [2.45, 2.75) is 68.5 Å². The van der Waals surface area contributed by atoms with Gasteiger partial charge in [-0.3, -0.25) is 0 Å². The highest BCUT2D eigenvalue weighted by Crippen LogP contribution is 2.26. The molecule has 0 aliphatic carbocycles. The van der Waals surface area contributed by atoms with Crippen LogP contribution in [0, 0.1) is 20.8 Å². The summed E-state index contributed by atoms with van der Waals surface area (Å²) in [6, 6.07) is 0. The quantitative estimate of drug-likeness (QED) is 0.627. The van der Waals surface area contributed by atoms with Gasteiger partial charge in [0.15, 0.2) is 0 Å². The lowest BCUT2D eigenvalue weighted by molar-refractivity contribution is -0.145. The summed E-state index contributed by atoms with van der Waals surface area (Å²) in [5.41, 5.74) is 1.45. The van der Waals surface area contributed by atoms with Gasteiger partial charge in [0, 0.05) is 11.4 Å². The molecule has 0 amide bonds. The number of aryl methyl sites for hydroxylation is 2. The van der Waals surface area contributed by atoms with Crippen LogP contribution in [0.2, 0.25) is 0 Å². The standard InChI is InChI=1S/C8H9F3N2.3C2H6/c1-4-5(2)12-7(8(9,10)11)13-6(4)3;3*1-2/h1-3H3;3*1-2H3. The Morgan fingerprint density at radius 3 is 1.16 bits per heavy atom. The molecule has 0 radical (unpaired) electrons. The van der Waals surface area contributed by atoms with Crippen molar-refractivity contribution < 1.29 is 13.2 Å². The first-order valence-corrected chi connectivity index (χ1v) is 6.71. The number of alkyl halides is 3. The minimum absolute atomic E-state index is 0.375. The van der Waals surface area contributed by atoms with Crippen LogP contribution in [0.15, 0.2) is 0 Å². The molecule has 1 heterocycles. The number of hydrogen-bond acceptors (Lipinski definition) is 2. The molecule has 0 N–H and O–H groups in total. The molecule has 0 fully saturated rings. The van der Waals surface area contributed by atoms with Crippen LogP contribution in [-0.2, 0) is 6.18 Å². The van der Waals surface area contributed by atoms with Gasteiger partial charge in [-0.1, -0.05) is 41.5 Å². The van der Waals surface area contributed by atoms with Crippen molar-refractivity contribution in [3.05, 3.63) is 22.8 Å². The first kappa shape index (κ1) is 23.0. The maximum Gasteiger partial charge on any atom is 0.451 e. The van der Waals surface area contributed by atoms with Crippen molar-refractivity contribution in [3.63, 3.8) is 0 Å². The number of aromatic nitrogens is 2. The summed E-state index contributed by atoms with van der Waals surface area (Å²) in [6.45, 7) is 16.8. The lowest BCUT2D eigenvalue weighted by atomic mass is 10.2. The summed E-state index contributed by atoms with van der Waals surface area (Å²) in [5.74, 6) is -1.06. The second kappa shape index (κ2) is 11.9. The van der Waals surface area contributed by atoms with Gasteiger partial charge in [0.05, 0.1) is 0 Å². The normalized spacial score (nSPS) is 9.05. The van der Waals surface area contributed by atoms with Gasteiger partial charge in [-0.05, 0) is 26.3 Å². The largest absolute Gasteiger partial charge is 0.451 e. The van der Waals surface area contributed by atoms with Gasteiger partial charge in [0.25, 0.3) is 0 Å². The van der Waals surface area contributed by atoms with Crippen LogP contribution in [0.3, 0.4) is 0 Å². The summed E-state index contributed by atoms with van der Waals surface area (Å²) in [4.78, 5) is 6.74. The third kappa shape index (κ3) is 8.56. The first-order valence-electron chi connectivity index (χ1n) is 6.71. The van der Waals surface area contributed by atoms with E-state index >= 15 is 0 Å². The van der Waals surface area contributed by atoms with E-state index in [-0.39, 0.29) is 0 Å². The Morgan fingerprint density at radius 2 is 0.947 bits per heavy atom. The van der Waals surface area contributed by atoms with Crippen LogP contribution in [0.1, 0.15) is 64.3 Å². The number of nitrogens with zero attached hydrogens (tertiary/aromatic N) is 2. The average molecular weight is 280 g/mol. The van der Waals surface area contributed by atoms with Crippen LogP contribution in [-0.4, -0.2) is 9.97 Å². The van der Waals surface area contributed by atoms with Gasteiger partial charge in [-0.15, -0.1) is 0 Å². The molecule has 0 aliphatic rings. The van der Waals surface area contributed by atoms with Gasteiger partial charge >= 0.3 is 6.18 Å². The van der Waals surface area contributed by atoms with Crippen LogP contribution >= 0.6 is 0 Å². The van der Waals surface area contributed by atoms with Crippen LogP contribution in [0.5, 0.6) is 0 Å². The van der Waals surface area contributed by atoms with Crippen molar-refractivity contribution >= 4 is 0 Å². The zero-order valence-corrected chi connectivity index (χ0v) is 13.5. The van der Waals surface area contributed by atoms with Crippen molar-refractivity contribution in [1.29, 1.82) is 0 Å². The molecule has 114 valence electrons. The first-order chi connectivity index (χ1) is 8.82. The molecule has 0 saturated carbocycles. The van der Waals surface area contributed by atoms with Gasteiger partial charge in [0.2, 0.25) is 5.82 Å². The fourth-order valence-electron chi connectivity index (χ4n) is 0.899. The van der Waals surface area contributed by atoms with Crippen LogP contribution in [0.4, 0.5) is 13.2 Å². The second-order valence-corrected chi connectivity index (χ2v) is 2.84. The van der Waals surface area contributed by atoms with E-state index in [4.69, 9.17) is 0 Å². The summed E-state index contributed by atoms with van der Waals surface area (Å²) >= 11 is 0. The summed E-state index contributed by atoms with van der Waals surface area (Å²) in [5, 5.41) is 0. The zero-order valence-electron chi connectivity index (χ0n) is 13.5. The molecule has 2 nitrogen and oxygen atoms in total. The molecule has 0 atom stereocenters. The van der Waals surface area contributed by atoms with E-state index in [1.807, 2.05) is 41.5 Å².